The molecule has 0 atom stereocenters. The lowest BCUT2D eigenvalue weighted by Crippen LogP contribution is -2.20. The number of rotatable bonds is 10. The van der Waals surface area contributed by atoms with Gasteiger partial charge in [-0.1, -0.05) is 29.8 Å². The van der Waals surface area contributed by atoms with Crippen molar-refractivity contribution in [2.45, 2.75) is 13.3 Å². The first kappa shape index (κ1) is 27.7. The molecular weight excluding hydrogens is 546 g/mol. The highest BCUT2D eigenvalue weighted by atomic mass is 35.5. The first-order chi connectivity index (χ1) is 19.9. The van der Waals surface area contributed by atoms with Gasteiger partial charge in [-0.3, -0.25) is 4.79 Å². The minimum absolute atomic E-state index is 0.227. The molecule has 0 unspecified atom stereocenters. The van der Waals surface area contributed by atoms with Gasteiger partial charge in [-0.05, 0) is 67.4 Å². The Morgan fingerprint density at radius 2 is 2.00 bits per heavy atom. The Labute approximate surface area is 240 Å². The second kappa shape index (κ2) is 12.1. The minimum atomic E-state index is -0.492. The Bertz CT molecular complexity index is 1860. The summed E-state index contributed by atoms with van der Waals surface area (Å²) in [6.45, 7) is 5.52. The highest BCUT2D eigenvalue weighted by Crippen LogP contribution is 2.34. The third-order valence-electron chi connectivity index (χ3n) is 6.15. The van der Waals surface area contributed by atoms with Gasteiger partial charge < -0.3 is 18.6 Å². The number of methoxy groups -OCH3 is 1. The average Bonchev–Trinajstić information content (AvgIpc) is 3.39. The maximum absolute atomic E-state index is 13.6. The lowest BCUT2D eigenvalue weighted by Gasteiger charge is -2.15. The van der Waals surface area contributed by atoms with E-state index >= 15 is 0 Å². The molecule has 0 aliphatic carbocycles. The van der Waals surface area contributed by atoms with E-state index in [1.54, 1.807) is 61.5 Å². The Morgan fingerprint density at radius 1 is 1.17 bits per heavy atom. The first-order valence-corrected chi connectivity index (χ1v) is 13.2. The summed E-state index contributed by atoms with van der Waals surface area (Å²) in [5.41, 5.74) is 2.07. The van der Waals surface area contributed by atoms with E-state index in [-0.39, 0.29) is 24.6 Å². The van der Waals surface area contributed by atoms with Crippen molar-refractivity contribution in [3.8, 4) is 23.1 Å². The van der Waals surface area contributed by atoms with Crippen LogP contribution in [0.3, 0.4) is 0 Å². The summed E-state index contributed by atoms with van der Waals surface area (Å²) in [5.74, 6) is 0.866. The van der Waals surface area contributed by atoms with Gasteiger partial charge in [-0.15, -0.1) is 6.58 Å². The SMILES string of the molecule is C=CCc1cc(C=Nn2c(-c3cc4cc(Cl)ccc4o3)nc3ccccc3c2=O)cc(OC)c1OCC(=O)OCC. The molecule has 0 saturated carbocycles. The van der Waals surface area contributed by atoms with Gasteiger partial charge in [0.25, 0.3) is 5.56 Å². The molecule has 0 N–H and O–H groups in total. The fourth-order valence-electron chi connectivity index (χ4n) is 4.35. The highest BCUT2D eigenvalue weighted by molar-refractivity contribution is 6.31. The van der Waals surface area contributed by atoms with Gasteiger partial charge in [0.1, 0.15) is 5.58 Å². The predicted octanol–water partition coefficient (Wildman–Crippen LogP) is 6.02. The average molecular weight is 572 g/mol. The monoisotopic (exact) mass is 571 g/mol. The molecule has 0 saturated heterocycles. The number of hydrogen-bond acceptors (Lipinski definition) is 8. The third kappa shape index (κ3) is 5.85. The van der Waals surface area contributed by atoms with Crippen molar-refractivity contribution in [3.05, 3.63) is 99.8 Å². The number of allylic oxidation sites excluding steroid dienone is 1. The van der Waals surface area contributed by atoms with Gasteiger partial charge in [0.05, 0.1) is 30.8 Å². The number of hydrogen-bond donors (Lipinski definition) is 0. The summed E-state index contributed by atoms with van der Waals surface area (Å²) in [7, 11) is 1.49. The van der Waals surface area contributed by atoms with Crippen LogP contribution in [0.1, 0.15) is 18.1 Å². The number of carbonyl (C=O) groups excluding carboxylic acids is 1. The van der Waals surface area contributed by atoms with E-state index in [1.165, 1.54) is 18.0 Å². The summed E-state index contributed by atoms with van der Waals surface area (Å²) < 4.78 is 23.5. The number of carbonyl (C=O) groups is 1. The molecule has 2 aromatic heterocycles. The van der Waals surface area contributed by atoms with Gasteiger partial charge in [-0.25, -0.2) is 9.78 Å². The van der Waals surface area contributed by atoms with E-state index in [0.29, 0.717) is 56.3 Å². The van der Waals surface area contributed by atoms with Gasteiger partial charge in [-0.2, -0.15) is 9.78 Å². The van der Waals surface area contributed by atoms with Gasteiger partial charge in [0.2, 0.25) is 5.82 Å². The Hall–Kier alpha value is -4.89. The molecule has 2 heterocycles. The molecule has 0 fully saturated rings. The zero-order chi connectivity index (χ0) is 28.9. The van der Waals surface area contributed by atoms with Crippen molar-refractivity contribution in [1.29, 1.82) is 0 Å². The maximum atomic E-state index is 13.6. The van der Waals surface area contributed by atoms with Crippen molar-refractivity contribution in [3.63, 3.8) is 0 Å². The molecule has 208 valence electrons. The molecule has 5 aromatic rings. The van der Waals surface area contributed by atoms with Crippen molar-refractivity contribution in [2.24, 2.45) is 5.10 Å². The van der Waals surface area contributed by atoms with E-state index in [2.05, 4.69) is 11.7 Å². The lowest BCUT2D eigenvalue weighted by molar-refractivity contribution is -0.145. The first-order valence-electron chi connectivity index (χ1n) is 12.8. The third-order valence-corrected chi connectivity index (χ3v) is 6.39. The minimum Gasteiger partial charge on any atom is -0.493 e. The zero-order valence-electron chi connectivity index (χ0n) is 22.4. The number of aromatic nitrogens is 2. The van der Waals surface area contributed by atoms with Gasteiger partial charge >= 0.3 is 5.97 Å². The van der Waals surface area contributed by atoms with E-state index in [9.17, 15) is 9.59 Å². The largest absolute Gasteiger partial charge is 0.493 e. The fraction of sp³-hybridized carbons (Fsp3) is 0.161. The van der Waals surface area contributed by atoms with Gasteiger partial charge in [0.15, 0.2) is 23.9 Å². The Morgan fingerprint density at radius 3 is 2.78 bits per heavy atom. The normalized spacial score (nSPS) is 11.3. The van der Waals surface area contributed by atoms with Crippen LogP contribution in [-0.2, 0) is 16.0 Å². The van der Waals surface area contributed by atoms with E-state index < -0.39 is 5.97 Å². The van der Waals surface area contributed by atoms with E-state index in [4.69, 9.17) is 35.2 Å². The fourth-order valence-corrected chi connectivity index (χ4v) is 4.53. The molecule has 3 aromatic carbocycles. The number of benzene rings is 3. The molecule has 5 rings (SSSR count). The van der Waals surface area contributed by atoms with E-state index in [1.807, 2.05) is 12.1 Å². The van der Waals surface area contributed by atoms with Crippen LogP contribution >= 0.6 is 11.6 Å². The summed E-state index contributed by atoms with van der Waals surface area (Å²) >= 11 is 6.16. The zero-order valence-corrected chi connectivity index (χ0v) is 23.2. The van der Waals surface area contributed by atoms with E-state index in [0.717, 1.165) is 5.39 Å². The number of para-hydroxylation sites is 1. The molecule has 0 aliphatic heterocycles. The Kier molecular flexibility index (Phi) is 8.16. The van der Waals surface area contributed by atoms with Crippen LogP contribution in [0.4, 0.5) is 0 Å². The number of esters is 1. The number of fused-ring (bicyclic) bond motifs is 2. The maximum Gasteiger partial charge on any atom is 0.344 e. The van der Waals surface area contributed by atoms with Crippen LogP contribution in [0.25, 0.3) is 33.5 Å². The van der Waals surface area contributed by atoms with Crippen LogP contribution < -0.4 is 15.0 Å². The van der Waals surface area contributed by atoms with Crippen molar-refractivity contribution in [2.75, 3.05) is 20.3 Å². The summed E-state index contributed by atoms with van der Waals surface area (Å²) in [6.07, 6.45) is 3.65. The lowest BCUT2D eigenvalue weighted by atomic mass is 10.1. The summed E-state index contributed by atoms with van der Waals surface area (Å²) in [6, 6.07) is 17.6. The molecule has 41 heavy (non-hydrogen) atoms. The molecule has 9 nitrogen and oxygen atoms in total. The smallest absolute Gasteiger partial charge is 0.344 e. The number of nitrogens with zero attached hydrogens (tertiary/aromatic N) is 3. The van der Waals surface area contributed by atoms with Crippen molar-refractivity contribution in [1.82, 2.24) is 9.66 Å². The highest BCUT2D eigenvalue weighted by Gasteiger charge is 2.18. The molecule has 0 amide bonds. The van der Waals surface area contributed by atoms with Gasteiger partial charge in [0, 0.05) is 16.0 Å². The standard InChI is InChI=1S/C31H26ClN3O6/c1-4-8-20-13-19(14-26(38-3)29(20)40-18-28(36)39-5-2)17-33-35-30(34-24-10-7-6-9-23(24)31(35)37)27-16-21-15-22(32)11-12-25(21)41-27/h4,6-7,9-17H,1,5,8,18H2,2-3H3. The number of ether oxygens (including phenoxy) is 3. The van der Waals surface area contributed by atoms with Crippen LogP contribution in [0.5, 0.6) is 11.5 Å². The number of furan rings is 1. The summed E-state index contributed by atoms with van der Waals surface area (Å²) in [5, 5.41) is 6.26. The topological polar surface area (TPSA) is 105 Å². The molecule has 0 bridgehead atoms. The van der Waals surface area contributed by atoms with Crippen LogP contribution in [0.2, 0.25) is 5.02 Å². The molecule has 0 spiro atoms. The quantitative estimate of drug-likeness (QED) is 0.115. The predicted molar refractivity (Wildman–Crippen MR) is 158 cm³/mol. The van der Waals surface area contributed by atoms with Crippen LogP contribution in [0.15, 0.2) is 87.6 Å². The van der Waals surface area contributed by atoms with Crippen molar-refractivity contribution >= 4 is 45.7 Å². The second-order valence-corrected chi connectivity index (χ2v) is 9.34. The van der Waals surface area contributed by atoms with Crippen LogP contribution in [-0.4, -0.2) is 42.2 Å². The molecule has 10 heteroatoms. The Balaban J connectivity index is 1.60. The van der Waals surface area contributed by atoms with Crippen molar-refractivity contribution < 1.29 is 23.4 Å². The van der Waals surface area contributed by atoms with Crippen LogP contribution in [0, 0.1) is 0 Å². The molecule has 0 radical (unpaired) electrons. The molecule has 0 aliphatic rings. The number of halogens is 1. The molecular formula is C31H26ClN3O6. The second-order valence-electron chi connectivity index (χ2n) is 8.90. The summed E-state index contributed by atoms with van der Waals surface area (Å²) in [4.78, 5) is 30.2.